The van der Waals surface area contributed by atoms with Gasteiger partial charge in [-0.2, -0.15) is 0 Å². The van der Waals surface area contributed by atoms with Gasteiger partial charge in [0.05, 0.1) is 24.3 Å². The molecular formula is C21H19N5O2. The molecule has 1 atom stereocenters. The summed E-state index contributed by atoms with van der Waals surface area (Å²) in [6.45, 7) is 0. The molecule has 0 saturated heterocycles. The van der Waals surface area contributed by atoms with Crippen LogP contribution < -0.4 is 10.1 Å². The average Bonchev–Trinajstić information content (AvgIpc) is 3.17. The first-order chi connectivity index (χ1) is 13.7. The molecule has 7 heteroatoms. The van der Waals surface area contributed by atoms with Crippen molar-refractivity contribution in [2.75, 3.05) is 7.11 Å². The second-order valence-electron chi connectivity index (χ2n) is 6.32. The predicted molar refractivity (Wildman–Crippen MR) is 105 cm³/mol. The van der Waals surface area contributed by atoms with Gasteiger partial charge >= 0.3 is 0 Å². The number of carbonyl (C=O) groups excluding carboxylic acids is 1. The topological polar surface area (TPSA) is 81.9 Å². The van der Waals surface area contributed by atoms with Crippen LogP contribution in [0.5, 0.6) is 5.75 Å². The quantitative estimate of drug-likeness (QED) is 0.582. The Balaban J connectivity index is 1.67. The molecule has 28 heavy (non-hydrogen) atoms. The molecule has 1 unspecified atom stereocenters. The zero-order chi connectivity index (χ0) is 19.5. The summed E-state index contributed by atoms with van der Waals surface area (Å²) < 4.78 is 7.10. The Morgan fingerprint density at radius 2 is 1.82 bits per heavy atom. The van der Waals surface area contributed by atoms with Crippen LogP contribution in [0, 0.1) is 0 Å². The lowest BCUT2D eigenvalue weighted by Gasteiger charge is -2.19. The number of para-hydroxylation sites is 2. The number of methoxy groups -OCH3 is 1. The van der Waals surface area contributed by atoms with E-state index < -0.39 is 6.04 Å². The van der Waals surface area contributed by atoms with Gasteiger partial charge in [-0.05, 0) is 29.8 Å². The maximum absolute atomic E-state index is 12.9. The molecule has 4 rings (SSSR count). The third-order valence-corrected chi connectivity index (χ3v) is 4.52. The molecule has 0 saturated carbocycles. The van der Waals surface area contributed by atoms with E-state index in [0.29, 0.717) is 11.3 Å². The van der Waals surface area contributed by atoms with E-state index in [1.54, 1.807) is 13.3 Å². The lowest BCUT2D eigenvalue weighted by Crippen LogP contribution is -2.31. The number of rotatable bonds is 5. The molecule has 1 amide bonds. The van der Waals surface area contributed by atoms with Crippen molar-refractivity contribution < 1.29 is 9.53 Å². The summed E-state index contributed by atoms with van der Waals surface area (Å²) in [5.41, 5.74) is 2.56. The van der Waals surface area contributed by atoms with Gasteiger partial charge < -0.3 is 14.6 Å². The molecular weight excluding hydrogens is 354 g/mol. The molecule has 2 heterocycles. The summed E-state index contributed by atoms with van der Waals surface area (Å²) in [5, 5.41) is 3.03. The minimum atomic E-state index is -0.438. The van der Waals surface area contributed by atoms with E-state index in [-0.39, 0.29) is 11.6 Å². The van der Waals surface area contributed by atoms with Crippen LogP contribution in [0.25, 0.3) is 11.0 Å². The van der Waals surface area contributed by atoms with Gasteiger partial charge in [0.1, 0.15) is 23.3 Å². The Morgan fingerprint density at radius 1 is 1.07 bits per heavy atom. The minimum absolute atomic E-state index is 0.256. The Kier molecular flexibility index (Phi) is 4.72. The van der Waals surface area contributed by atoms with Crippen LogP contribution in [-0.4, -0.2) is 32.5 Å². The number of benzene rings is 2. The fraction of sp³-hybridized carbons (Fsp3) is 0.143. The Morgan fingerprint density at radius 3 is 2.50 bits per heavy atom. The minimum Gasteiger partial charge on any atom is -0.497 e. The lowest BCUT2D eigenvalue weighted by molar-refractivity contribution is 0.0936. The van der Waals surface area contributed by atoms with Gasteiger partial charge in [-0.25, -0.2) is 9.97 Å². The molecule has 0 spiro atoms. The van der Waals surface area contributed by atoms with Gasteiger partial charge in [0.15, 0.2) is 0 Å². The van der Waals surface area contributed by atoms with Gasteiger partial charge in [-0.1, -0.05) is 24.3 Å². The summed E-state index contributed by atoms with van der Waals surface area (Å²) in [4.78, 5) is 26.1. The van der Waals surface area contributed by atoms with Crippen molar-refractivity contribution in [2.45, 2.75) is 6.04 Å². The number of nitrogens with one attached hydrogen (secondary N) is 1. The van der Waals surface area contributed by atoms with Crippen LogP contribution in [0.4, 0.5) is 0 Å². The third-order valence-electron chi connectivity index (χ3n) is 4.52. The Hall–Kier alpha value is -3.74. The third kappa shape index (κ3) is 3.42. The first kappa shape index (κ1) is 17.7. The summed E-state index contributed by atoms with van der Waals surface area (Å²) in [7, 11) is 3.51. The van der Waals surface area contributed by atoms with Crippen molar-refractivity contribution in [3.63, 3.8) is 0 Å². The van der Waals surface area contributed by atoms with Crippen LogP contribution >= 0.6 is 0 Å². The predicted octanol–water partition coefficient (Wildman–Crippen LogP) is 2.89. The van der Waals surface area contributed by atoms with E-state index in [0.717, 1.165) is 16.8 Å². The van der Waals surface area contributed by atoms with Crippen molar-refractivity contribution in [1.82, 2.24) is 24.8 Å². The molecule has 2 aromatic carbocycles. The van der Waals surface area contributed by atoms with Gasteiger partial charge in [0.2, 0.25) is 0 Å². The number of ether oxygens (including phenoxy) is 1. The number of hydrogen-bond donors (Lipinski definition) is 1. The van der Waals surface area contributed by atoms with E-state index in [9.17, 15) is 4.79 Å². The lowest BCUT2D eigenvalue weighted by atomic mass is 10.1. The van der Waals surface area contributed by atoms with Crippen molar-refractivity contribution in [3.8, 4) is 5.75 Å². The fourth-order valence-corrected chi connectivity index (χ4v) is 3.02. The van der Waals surface area contributed by atoms with Crippen molar-refractivity contribution in [1.29, 1.82) is 0 Å². The van der Waals surface area contributed by atoms with E-state index in [1.165, 1.54) is 6.20 Å². The van der Waals surface area contributed by atoms with E-state index in [4.69, 9.17) is 4.74 Å². The van der Waals surface area contributed by atoms with Gasteiger partial charge in [-0.3, -0.25) is 9.78 Å². The van der Waals surface area contributed by atoms with Crippen LogP contribution in [0.2, 0.25) is 0 Å². The highest BCUT2D eigenvalue weighted by molar-refractivity contribution is 5.94. The van der Waals surface area contributed by atoms with Gasteiger partial charge in [-0.15, -0.1) is 0 Å². The number of fused-ring (bicyclic) bond motifs is 1. The zero-order valence-corrected chi connectivity index (χ0v) is 15.5. The van der Waals surface area contributed by atoms with Crippen molar-refractivity contribution >= 4 is 16.9 Å². The number of aryl methyl sites for hydroxylation is 1. The number of amides is 1. The molecule has 7 nitrogen and oxygen atoms in total. The molecule has 0 bridgehead atoms. The second-order valence-corrected chi connectivity index (χ2v) is 6.32. The highest BCUT2D eigenvalue weighted by Crippen LogP contribution is 2.23. The normalized spacial score (nSPS) is 11.9. The number of nitrogens with zero attached hydrogens (tertiary/aromatic N) is 4. The molecule has 0 fully saturated rings. The van der Waals surface area contributed by atoms with Crippen LogP contribution in [-0.2, 0) is 7.05 Å². The first-order valence-corrected chi connectivity index (χ1v) is 8.79. The number of aromatic nitrogens is 4. The largest absolute Gasteiger partial charge is 0.497 e. The molecule has 0 aliphatic carbocycles. The Bertz CT molecular complexity index is 1120. The smallest absolute Gasteiger partial charge is 0.272 e. The van der Waals surface area contributed by atoms with E-state index >= 15 is 0 Å². The van der Waals surface area contributed by atoms with E-state index in [2.05, 4.69) is 20.3 Å². The fourth-order valence-electron chi connectivity index (χ4n) is 3.02. The molecule has 140 valence electrons. The highest BCUT2D eigenvalue weighted by atomic mass is 16.5. The zero-order valence-electron chi connectivity index (χ0n) is 15.5. The summed E-state index contributed by atoms with van der Waals surface area (Å²) >= 11 is 0. The number of hydrogen-bond acceptors (Lipinski definition) is 5. The molecule has 0 aliphatic heterocycles. The first-order valence-electron chi connectivity index (χ1n) is 8.79. The van der Waals surface area contributed by atoms with Crippen LogP contribution in [0.15, 0.2) is 67.1 Å². The van der Waals surface area contributed by atoms with Crippen LogP contribution in [0.1, 0.15) is 27.9 Å². The molecule has 4 aromatic rings. The average molecular weight is 373 g/mol. The van der Waals surface area contributed by atoms with Gasteiger partial charge in [0.25, 0.3) is 5.91 Å². The van der Waals surface area contributed by atoms with Crippen molar-refractivity contribution in [2.24, 2.45) is 7.05 Å². The SMILES string of the molecule is COc1ccc(C(NC(=O)c2cnc3ccccc3n2)c2nccn2C)cc1. The summed E-state index contributed by atoms with van der Waals surface area (Å²) in [6, 6.07) is 14.5. The molecule has 1 N–H and O–H groups in total. The maximum atomic E-state index is 12.9. The molecule has 0 aliphatic rings. The monoisotopic (exact) mass is 373 g/mol. The molecule has 2 aromatic heterocycles. The molecule has 0 radical (unpaired) electrons. The maximum Gasteiger partial charge on any atom is 0.272 e. The van der Waals surface area contributed by atoms with Crippen LogP contribution in [0.3, 0.4) is 0 Å². The standard InChI is InChI=1S/C21H19N5O2/c1-26-12-11-22-20(26)19(14-7-9-15(28-2)10-8-14)25-21(27)18-13-23-16-5-3-4-6-17(16)24-18/h3-13,19H,1-2H3,(H,25,27). The van der Waals surface area contributed by atoms with Gasteiger partial charge in [0, 0.05) is 19.4 Å². The second kappa shape index (κ2) is 7.48. The van der Waals surface area contributed by atoms with E-state index in [1.807, 2.05) is 66.3 Å². The Labute approximate surface area is 162 Å². The highest BCUT2D eigenvalue weighted by Gasteiger charge is 2.22. The van der Waals surface area contributed by atoms with Crippen molar-refractivity contribution in [3.05, 3.63) is 84.2 Å². The summed E-state index contributed by atoms with van der Waals surface area (Å²) in [5.74, 6) is 1.14. The number of carbonyl (C=O) groups is 1. The number of imidazole rings is 1. The summed E-state index contributed by atoms with van der Waals surface area (Å²) in [6.07, 6.45) is 5.03.